The average molecular weight is 384 g/mol. The molecule has 3 aliphatic heterocycles. The predicted molar refractivity (Wildman–Crippen MR) is 100 cm³/mol. The van der Waals surface area contributed by atoms with Crippen molar-refractivity contribution in [2.75, 3.05) is 13.1 Å². The molecule has 0 aromatic heterocycles. The quantitative estimate of drug-likeness (QED) is 0.730. The second kappa shape index (κ2) is 7.44. The highest BCUT2D eigenvalue weighted by atomic mass is 16.2. The summed E-state index contributed by atoms with van der Waals surface area (Å²) in [4.78, 5) is 52.9. The van der Waals surface area contributed by atoms with Crippen LogP contribution in [0.5, 0.6) is 0 Å². The lowest BCUT2D eigenvalue weighted by Crippen LogP contribution is -2.54. The van der Waals surface area contributed by atoms with Crippen LogP contribution in [0.15, 0.2) is 18.2 Å². The molecule has 3 N–H and O–H groups in total. The number of imide groups is 2. The summed E-state index contributed by atoms with van der Waals surface area (Å²) in [7, 11) is 0. The molecule has 2 unspecified atom stereocenters. The fraction of sp³-hybridized carbons (Fsp3) is 0.500. The van der Waals surface area contributed by atoms with Crippen molar-refractivity contribution in [1.29, 1.82) is 0 Å². The zero-order valence-electron chi connectivity index (χ0n) is 15.6. The Kier molecular flexibility index (Phi) is 4.99. The van der Waals surface area contributed by atoms with E-state index in [-0.39, 0.29) is 24.8 Å². The third-order valence-corrected chi connectivity index (χ3v) is 5.74. The molecule has 2 atom stereocenters. The highest BCUT2D eigenvalue weighted by Crippen LogP contribution is 2.30. The lowest BCUT2D eigenvalue weighted by atomic mass is 10.0. The van der Waals surface area contributed by atoms with E-state index in [1.54, 1.807) is 12.1 Å². The summed E-state index contributed by atoms with van der Waals surface area (Å²) >= 11 is 0. The Morgan fingerprint density at radius 1 is 1.07 bits per heavy atom. The Morgan fingerprint density at radius 3 is 2.68 bits per heavy atom. The molecule has 3 heterocycles. The number of piperidine rings is 1. The number of nitrogens with zero attached hydrogens (tertiary/aromatic N) is 2. The maximum Gasteiger partial charge on any atom is 0.262 e. The number of benzene rings is 1. The molecule has 0 bridgehead atoms. The molecular formula is C20H24N4O4. The minimum Gasteiger partial charge on any atom is -0.327 e. The van der Waals surface area contributed by atoms with Crippen LogP contribution in [-0.2, 0) is 16.1 Å². The molecule has 8 nitrogen and oxygen atoms in total. The molecule has 4 amide bonds. The fourth-order valence-corrected chi connectivity index (χ4v) is 4.36. The molecular weight excluding hydrogens is 360 g/mol. The van der Waals surface area contributed by atoms with Crippen LogP contribution in [0.25, 0.3) is 0 Å². The number of carbonyl (C=O) groups is 4. The molecule has 148 valence electrons. The molecule has 4 rings (SSSR count). The van der Waals surface area contributed by atoms with Gasteiger partial charge in [0.15, 0.2) is 0 Å². The number of nitrogens with one attached hydrogen (secondary N) is 1. The molecule has 2 saturated heterocycles. The van der Waals surface area contributed by atoms with Gasteiger partial charge >= 0.3 is 0 Å². The molecule has 1 aromatic carbocycles. The van der Waals surface area contributed by atoms with E-state index >= 15 is 0 Å². The van der Waals surface area contributed by atoms with Crippen LogP contribution in [0.2, 0.25) is 0 Å². The van der Waals surface area contributed by atoms with E-state index in [1.165, 1.54) is 0 Å². The summed E-state index contributed by atoms with van der Waals surface area (Å²) in [5.74, 6) is -1.89. The predicted octanol–water partition coefficient (Wildman–Crippen LogP) is 0.401. The van der Waals surface area contributed by atoms with Gasteiger partial charge in [-0.1, -0.05) is 18.6 Å². The molecule has 0 saturated carbocycles. The lowest BCUT2D eigenvalue weighted by Gasteiger charge is -2.28. The van der Waals surface area contributed by atoms with Crippen LogP contribution < -0.4 is 11.1 Å². The van der Waals surface area contributed by atoms with Gasteiger partial charge in [0.05, 0.1) is 11.1 Å². The van der Waals surface area contributed by atoms with Crippen molar-refractivity contribution < 1.29 is 19.2 Å². The highest BCUT2D eigenvalue weighted by Gasteiger charge is 2.45. The third kappa shape index (κ3) is 3.33. The summed E-state index contributed by atoms with van der Waals surface area (Å²) in [6.07, 6.45) is 3.40. The van der Waals surface area contributed by atoms with Crippen LogP contribution in [0.4, 0.5) is 0 Å². The lowest BCUT2D eigenvalue weighted by molar-refractivity contribution is -0.136. The topological polar surface area (TPSA) is 113 Å². The average Bonchev–Trinajstić information content (AvgIpc) is 2.79. The maximum atomic E-state index is 13.1. The number of carbonyl (C=O) groups excluding carboxylic acids is 4. The van der Waals surface area contributed by atoms with Gasteiger partial charge in [-0.05, 0) is 37.4 Å². The minimum absolute atomic E-state index is 0.108. The Hall–Kier alpha value is -2.58. The normalized spacial score (nSPS) is 26.2. The second-order valence-corrected chi connectivity index (χ2v) is 7.78. The van der Waals surface area contributed by atoms with Gasteiger partial charge in [0.2, 0.25) is 11.8 Å². The second-order valence-electron chi connectivity index (χ2n) is 7.78. The van der Waals surface area contributed by atoms with Gasteiger partial charge in [-0.25, -0.2) is 0 Å². The number of amides is 4. The molecule has 3 aliphatic rings. The van der Waals surface area contributed by atoms with Gasteiger partial charge in [-0.3, -0.25) is 34.3 Å². The molecule has 0 spiro atoms. The molecule has 8 heteroatoms. The van der Waals surface area contributed by atoms with Crippen molar-refractivity contribution in [3.8, 4) is 0 Å². The van der Waals surface area contributed by atoms with Crippen LogP contribution in [-0.4, -0.2) is 58.6 Å². The number of hydrogen-bond acceptors (Lipinski definition) is 6. The van der Waals surface area contributed by atoms with Crippen molar-refractivity contribution in [1.82, 2.24) is 15.1 Å². The third-order valence-electron chi connectivity index (χ3n) is 5.74. The van der Waals surface area contributed by atoms with Crippen molar-refractivity contribution in [3.63, 3.8) is 0 Å². The van der Waals surface area contributed by atoms with Crippen molar-refractivity contribution in [2.45, 2.75) is 50.7 Å². The van der Waals surface area contributed by atoms with Crippen LogP contribution >= 0.6 is 0 Å². The number of likely N-dealkylation sites (tertiary alicyclic amines) is 1. The van der Waals surface area contributed by atoms with E-state index in [1.807, 2.05) is 6.07 Å². The van der Waals surface area contributed by atoms with Crippen LogP contribution in [0, 0.1) is 0 Å². The summed E-state index contributed by atoms with van der Waals surface area (Å²) in [6, 6.07) is 4.42. The number of hydrogen-bond donors (Lipinski definition) is 2. The zero-order chi connectivity index (χ0) is 19.8. The minimum atomic E-state index is -0.940. The Labute approximate surface area is 163 Å². The Bertz CT molecular complexity index is 853. The molecule has 2 fully saturated rings. The standard InChI is InChI=1S/C20H24N4O4/c21-13-5-1-2-9-23(11-13)10-12-4-3-6-14-17(12)20(28)24(19(14)27)15-7-8-16(25)22-18(15)26/h3-4,6,13,15H,1-2,5,7-11,21H2,(H,22,25,26). The SMILES string of the molecule is NC1CCCCN(Cc2cccc3c2C(=O)N(C2CCC(=O)NC2=O)C3=O)C1. The van der Waals surface area contributed by atoms with E-state index in [4.69, 9.17) is 5.73 Å². The van der Waals surface area contributed by atoms with Gasteiger partial charge in [0.25, 0.3) is 11.8 Å². The van der Waals surface area contributed by atoms with Gasteiger partial charge in [0, 0.05) is 25.6 Å². The van der Waals surface area contributed by atoms with Crippen molar-refractivity contribution in [3.05, 3.63) is 34.9 Å². The summed E-state index contributed by atoms with van der Waals surface area (Å²) in [5.41, 5.74) is 7.62. The summed E-state index contributed by atoms with van der Waals surface area (Å²) in [5, 5.41) is 2.22. The van der Waals surface area contributed by atoms with Gasteiger partial charge in [0.1, 0.15) is 6.04 Å². The van der Waals surface area contributed by atoms with Gasteiger partial charge in [-0.2, -0.15) is 0 Å². The monoisotopic (exact) mass is 384 g/mol. The van der Waals surface area contributed by atoms with E-state index in [0.717, 1.165) is 42.8 Å². The van der Waals surface area contributed by atoms with Crippen LogP contribution in [0.1, 0.15) is 58.4 Å². The Balaban J connectivity index is 1.61. The summed E-state index contributed by atoms with van der Waals surface area (Å²) in [6.45, 7) is 2.19. The Morgan fingerprint density at radius 2 is 1.89 bits per heavy atom. The molecule has 1 aromatic rings. The largest absolute Gasteiger partial charge is 0.327 e. The summed E-state index contributed by atoms with van der Waals surface area (Å²) < 4.78 is 0. The maximum absolute atomic E-state index is 13.1. The van der Waals surface area contributed by atoms with Crippen molar-refractivity contribution >= 4 is 23.6 Å². The molecule has 0 radical (unpaired) electrons. The first-order valence-electron chi connectivity index (χ1n) is 9.77. The van der Waals surface area contributed by atoms with E-state index in [9.17, 15) is 19.2 Å². The van der Waals surface area contributed by atoms with E-state index < -0.39 is 23.8 Å². The molecule has 0 aliphatic carbocycles. The zero-order valence-corrected chi connectivity index (χ0v) is 15.6. The van der Waals surface area contributed by atoms with E-state index in [2.05, 4.69) is 10.2 Å². The first-order valence-corrected chi connectivity index (χ1v) is 9.77. The smallest absolute Gasteiger partial charge is 0.262 e. The van der Waals surface area contributed by atoms with Gasteiger partial charge in [-0.15, -0.1) is 0 Å². The first-order chi connectivity index (χ1) is 13.5. The van der Waals surface area contributed by atoms with Gasteiger partial charge < -0.3 is 5.73 Å². The number of fused-ring (bicyclic) bond motifs is 1. The number of nitrogens with two attached hydrogens (primary N) is 1. The van der Waals surface area contributed by atoms with E-state index in [0.29, 0.717) is 17.7 Å². The first kappa shape index (κ1) is 18.8. The van der Waals surface area contributed by atoms with Crippen molar-refractivity contribution in [2.24, 2.45) is 5.73 Å². The highest BCUT2D eigenvalue weighted by molar-refractivity contribution is 6.24. The number of rotatable bonds is 3. The molecule has 28 heavy (non-hydrogen) atoms. The van der Waals surface area contributed by atoms with Crippen LogP contribution in [0.3, 0.4) is 0 Å². The fourth-order valence-electron chi connectivity index (χ4n) is 4.36.